The van der Waals surface area contributed by atoms with E-state index < -0.39 is 0 Å². The maximum absolute atomic E-state index is 10.3. The van der Waals surface area contributed by atoms with Crippen molar-refractivity contribution in [3.63, 3.8) is 0 Å². The molecule has 0 unspecified atom stereocenters. The van der Waals surface area contributed by atoms with Gasteiger partial charge in [-0.2, -0.15) is 0 Å². The Kier molecular flexibility index (Phi) is 6.12. The lowest BCUT2D eigenvalue weighted by atomic mass is 10.2. The molecule has 0 saturated heterocycles. The van der Waals surface area contributed by atoms with Crippen molar-refractivity contribution in [2.24, 2.45) is 0 Å². The minimum absolute atomic E-state index is 0.277. The van der Waals surface area contributed by atoms with E-state index in [4.69, 9.17) is 5.11 Å². The van der Waals surface area contributed by atoms with Gasteiger partial charge in [-0.1, -0.05) is 12.1 Å². The number of hydrogen-bond acceptors (Lipinski definition) is 3. The van der Waals surface area contributed by atoms with Gasteiger partial charge in [0.2, 0.25) is 0 Å². The first kappa shape index (κ1) is 12.3. The molecule has 0 aliphatic rings. The number of benzene rings is 1. The van der Waals surface area contributed by atoms with E-state index in [1.165, 1.54) is 4.90 Å². The molecule has 0 fully saturated rings. The molecule has 0 bridgehead atoms. The van der Waals surface area contributed by atoms with Crippen LogP contribution in [-0.2, 0) is 11.2 Å². The Labute approximate surface area is 94.7 Å². The van der Waals surface area contributed by atoms with Crippen molar-refractivity contribution in [3.05, 3.63) is 29.8 Å². The van der Waals surface area contributed by atoms with Crippen molar-refractivity contribution < 1.29 is 9.90 Å². The third-order valence-corrected chi connectivity index (χ3v) is 3.16. The first-order valence-corrected chi connectivity index (χ1v) is 6.11. The SMILES string of the molecule is O=CCc1ccc(SCCCCO)cc1. The lowest BCUT2D eigenvalue weighted by Crippen LogP contribution is -1.87. The van der Waals surface area contributed by atoms with E-state index >= 15 is 0 Å². The summed E-state index contributed by atoms with van der Waals surface area (Å²) in [6.45, 7) is 0.277. The van der Waals surface area contributed by atoms with Gasteiger partial charge in [0.15, 0.2) is 0 Å². The van der Waals surface area contributed by atoms with Crippen molar-refractivity contribution in [3.8, 4) is 0 Å². The standard InChI is InChI=1S/C12H16O2S/c13-8-1-2-10-15-12-5-3-11(4-6-12)7-9-14/h3-6,9,13H,1-2,7-8,10H2. The van der Waals surface area contributed by atoms with Gasteiger partial charge in [0, 0.05) is 17.9 Å². The highest BCUT2D eigenvalue weighted by Crippen LogP contribution is 2.19. The van der Waals surface area contributed by atoms with Gasteiger partial charge in [0.05, 0.1) is 0 Å². The predicted octanol–water partition coefficient (Wildman–Crippen LogP) is 2.29. The van der Waals surface area contributed by atoms with E-state index in [-0.39, 0.29) is 6.61 Å². The van der Waals surface area contributed by atoms with E-state index in [9.17, 15) is 4.79 Å². The second-order valence-corrected chi connectivity index (χ2v) is 4.46. The number of carbonyl (C=O) groups is 1. The Balaban J connectivity index is 2.32. The van der Waals surface area contributed by atoms with Crippen LogP contribution in [0, 0.1) is 0 Å². The second-order valence-electron chi connectivity index (χ2n) is 3.29. The molecule has 0 radical (unpaired) electrons. The quantitative estimate of drug-likeness (QED) is 0.438. The molecule has 1 N–H and O–H groups in total. The van der Waals surface area contributed by atoms with E-state index in [1.54, 1.807) is 11.8 Å². The highest BCUT2D eigenvalue weighted by molar-refractivity contribution is 7.99. The summed E-state index contributed by atoms with van der Waals surface area (Å²) >= 11 is 1.79. The zero-order valence-electron chi connectivity index (χ0n) is 8.69. The fourth-order valence-electron chi connectivity index (χ4n) is 1.22. The van der Waals surface area contributed by atoms with E-state index in [2.05, 4.69) is 0 Å². The number of aliphatic hydroxyl groups is 1. The van der Waals surface area contributed by atoms with E-state index in [1.807, 2.05) is 24.3 Å². The number of rotatable bonds is 7. The first-order valence-electron chi connectivity index (χ1n) is 5.13. The van der Waals surface area contributed by atoms with Gasteiger partial charge in [-0.05, 0) is 36.3 Å². The van der Waals surface area contributed by atoms with Gasteiger partial charge < -0.3 is 9.90 Å². The molecule has 15 heavy (non-hydrogen) atoms. The highest BCUT2D eigenvalue weighted by Gasteiger charge is 1.95. The molecule has 1 rings (SSSR count). The average molecular weight is 224 g/mol. The fraction of sp³-hybridized carbons (Fsp3) is 0.417. The number of aliphatic hydroxyl groups excluding tert-OH is 1. The lowest BCUT2D eigenvalue weighted by molar-refractivity contribution is -0.107. The van der Waals surface area contributed by atoms with Crippen LogP contribution >= 0.6 is 11.8 Å². The number of hydrogen-bond donors (Lipinski definition) is 1. The molecule has 0 saturated carbocycles. The zero-order chi connectivity index (χ0) is 10.9. The molecule has 0 aliphatic carbocycles. The molecule has 0 spiro atoms. The molecule has 0 atom stereocenters. The molecule has 2 nitrogen and oxygen atoms in total. The van der Waals surface area contributed by atoms with Crippen LogP contribution in [0.25, 0.3) is 0 Å². The van der Waals surface area contributed by atoms with Crippen molar-refractivity contribution in [2.45, 2.75) is 24.2 Å². The van der Waals surface area contributed by atoms with Crippen LogP contribution in [0.5, 0.6) is 0 Å². The van der Waals surface area contributed by atoms with Crippen molar-refractivity contribution in [2.75, 3.05) is 12.4 Å². The third kappa shape index (κ3) is 5.00. The minimum Gasteiger partial charge on any atom is -0.396 e. The van der Waals surface area contributed by atoms with Gasteiger partial charge in [-0.25, -0.2) is 0 Å². The van der Waals surface area contributed by atoms with Crippen LogP contribution in [0.2, 0.25) is 0 Å². The van der Waals surface area contributed by atoms with Crippen LogP contribution in [0.3, 0.4) is 0 Å². The molecular weight excluding hydrogens is 208 g/mol. The summed E-state index contributed by atoms with van der Waals surface area (Å²) in [5.74, 6) is 1.04. The Bertz CT molecular complexity index is 282. The summed E-state index contributed by atoms with van der Waals surface area (Å²) in [6.07, 6.45) is 3.33. The van der Waals surface area contributed by atoms with E-state index in [0.29, 0.717) is 6.42 Å². The monoisotopic (exact) mass is 224 g/mol. The summed E-state index contributed by atoms with van der Waals surface area (Å²) in [6, 6.07) is 8.07. The number of aldehydes is 1. The van der Waals surface area contributed by atoms with Gasteiger partial charge in [-0.15, -0.1) is 11.8 Å². The minimum atomic E-state index is 0.277. The smallest absolute Gasteiger partial charge is 0.124 e. The van der Waals surface area contributed by atoms with Crippen LogP contribution in [0.4, 0.5) is 0 Å². The Hall–Kier alpha value is -0.800. The maximum atomic E-state index is 10.3. The summed E-state index contributed by atoms with van der Waals surface area (Å²) < 4.78 is 0. The molecule has 1 aromatic carbocycles. The molecule has 1 aromatic rings. The largest absolute Gasteiger partial charge is 0.396 e. The van der Waals surface area contributed by atoms with Gasteiger partial charge >= 0.3 is 0 Å². The molecular formula is C12H16O2S. The van der Waals surface area contributed by atoms with E-state index in [0.717, 1.165) is 30.4 Å². The van der Waals surface area contributed by atoms with Crippen LogP contribution in [-0.4, -0.2) is 23.8 Å². The molecule has 82 valence electrons. The Morgan fingerprint density at radius 1 is 1.20 bits per heavy atom. The van der Waals surface area contributed by atoms with Crippen molar-refractivity contribution in [1.29, 1.82) is 0 Å². The maximum Gasteiger partial charge on any atom is 0.124 e. The lowest BCUT2D eigenvalue weighted by Gasteiger charge is -2.01. The Morgan fingerprint density at radius 2 is 1.93 bits per heavy atom. The van der Waals surface area contributed by atoms with Gasteiger partial charge in [0.25, 0.3) is 0 Å². The zero-order valence-corrected chi connectivity index (χ0v) is 9.50. The summed E-state index contributed by atoms with van der Waals surface area (Å²) in [5.41, 5.74) is 1.06. The fourth-order valence-corrected chi connectivity index (χ4v) is 2.13. The van der Waals surface area contributed by atoms with Gasteiger partial charge in [-0.3, -0.25) is 0 Å². The van der Waals surface area contributed by atoms with Gasteiger partial charge in [0.1, 0.15) is 6.29 Å². The normalized spacial score (nSPS) is 10.2. The summed E-state index contributed by atoms with van der Waals surface area (Å²) in [4.78, 5) is 11.5. The van der Waals surface area contributed by atoms with Crippen molar-refractivity contribution >= 4 is 18.0 Å². The first-order chi connectivity index (χ1) is 7.36. The second kappa shape index (κ2) is 7.49. The number of carbonyl (C=O) groups excluding carboxylic acids is 1. The van der Waals surface area contributed by atoms with Crippen LogP contribution in [0.15, 0.2) is 29.2 Å². The molecule has 0 aromatic heterocycles. The average Bonchev–Trinajstić information content (AvgIpc) is 2.27. The molecule has 0 heterocycles. The third-order valence-electron chi connectivity index (χ3n) is 2.06. The number of thioether (sulfide) groups is 1. The van der Waals surface area contributed by atoms with Crippen LogP contribution < -0.4 is 0 Å². The molecule has 0 amide bonds. The topological polar surface area (TPSA) is 37.3 Å². The molecule has 3 heteroatoms. The summed E-state index contributed by atoms with van der Waals surface area (Å²) in [5, 5.41) is 8.62. The number of unbranched alkanes of at least 4 members (excludes halogenated alkanes) is 1. The van der Waals surface area contributed by atoms with Crippen molar-refractivity contribution in [1.82, 2.24) is 0 Å². The predicted molar refractivity (Wildman–Crippen MR) is 63.3 cm³/mol. The Morgan fingerprint density at radius 3 is 2.53 bits per heavy atom. The summed E-state index contributed by atoms with van der Waals surface area (Å²) in [7, 11) is 0. The molecule has 0 aliphatic heterocycles. The highest BCUT2D eigenvalue weighted by atomic mass is 32.2. The van der Waals surface area contributed by atoms with Crippen LogP contribution in [0.1, 0.15) is 18.4 Å².